The van der Waals surface area contributed by atoms with Gasteiger partial charge in [0, 0.05) is 5.39 Å². The van der Waals surface area contributed by atoms with E-state index in [2.05, 4.69) is 0 Å². The van der Waals surface area contributed by atoms with Gasteiger partial charge in [-0.2, -0.15) is 5.26 Å². The van der Waals surface area contributed by atoms with Crippen molar-refractivity contribution in [1.29, 1.82) is 5.26 Å². The molecule has 2 N–H and O–H groups in total. The Morgan fingerprint density at radius 2 is 2.12 bits per heavy atom. The van der Waals surface area contributed by atoms with Crippen LogP contribution in [0.15, 0.2) is 34.3 Å². The van der Waals surface area contributed by atoms with Crippen LogP contribution in [0.5, 0.6) is 0 Å². The Kier molecular flexibility index (Phi) is 2.41. The lowest BCUT2D eigenvalue weighted by Gasteiger charge is -1.95. The zero-order valence-electron chi connectivity index (χ0n) is 9.24. The molecule has 80 valence electrons. The molecule has 2 aromatic rings. The van der Waals surface area contributed by atoms with Gasteiger partial charge in [-0.3, -0.25) is 0 Å². The first-order valence-corrected chi connectivity index (χ1v) is 4.99. The average molecular weight is 212 g/mol. The second-order valence-electron chi connectivity index (χ2n) is 3.80. The van der Waals surface area contributed by atoms with Crippen LogP contribution in [-0.4, -0.2) is 0 Å². The summed E-state index contributed by atoms with van der Waals surface area (Å²) in [7, 11) is 0. The number of nitrogens with two attached hydrogens (primary N) is 1. The van der Waals surface area contributed by atoms with Crippen LogP contribution in [0.3, 0.4) is 0 Å². The van der Waals surface area contributed by atoms with E-state index in [0.717, 1.165) is 11.0 Å². The predicted molar refractivity (Wildman–Crippen MR) is 63.3 cm³/mol. The van der Waals surface area contributed by atoms with Crippen LogP contribution in [0.2, 0.25) is 0 Å². The molecule has 0 aliphatic rings. The number of rotatable bonds is 1. The van der Waals surface area contributed by atoms with Crippen LogP contribution >= 0.6 is 0 Å². The van der Waals surface area contributed by atoms with Gasteiger partial charge in [0.1, 0.15) is 5.58 Å². The molecule has 3 heteroatoms. The second-order valence-corrected chi connectivity index (χ2v) is 3.80. The van der Waals surface area contributed by atoms with Gasteiger partial charge in [0.05, 0.1) is 17.3 Å². The highest BCUT2D eigenvalue weighted by atomic mass is 16.3. The fourth-order valence-corrected chi connectivity index (χ4v) is 1.54. The van der Waals surface area contributed by atoms with E-state index >= 15 is 0 Å². The summed E-state index contributed by atoms with van der Waals surface area (Å²) in [5.74, 6) is 0.555. The quantitative estimate of drug-likeness (QED) is 0.739. The van der Waals surface area contributed by atoms with Crippen molar-refractivity contribution in [2.24, 2.45) is 5.73 Å². The fraction of sp³-hybridized carbons (Fsp3) is 0.154. The van der Waals surface area contributed by atoms with Crippen molar-refractivity contribution < 1.29 is 4.42 Å². The highest BCUT2D eigenvalue weighted by Gasteiger charge is 2.08. The minimum absolute atomic E-state index is 0.399. The van der Waals surface area contributed by atoms with E-state index < -0.39 is 0 Å². The monoisotopic (exact) mass is 212 g/mol. The second kappa shape index (κ2) is 3.74. The average Bonchev–Trinajstić information content (AvgIpc) is 2.69. The van der Waals surface area contributed by atoms with Gasteiger partial charge < -0.3 is 10.2 Å². The molecule has 0 aliphatic heterocycles. The third kappa shape index (κ3) is 1.66. The number of aryl methyl sites for hydroxylation is 1. The third-order valence-electron chi connectivity index (χ3n) is 2.51. The van der Waals surface area contributed by atoms with Gasteiger partial charge in [0.15, 0.2) is 5.76 Å². The summed E-state index contributed by atoms with van der Waals surface area (Å²) < 4.78 is 5.57. The molecule has 0 aliphatic carbocycles. The molecule has 16 heavy (non-hydrogen) atoms. The Balaban J connectivity index is 2.61. The molecule has 1 aromatic carbocycles. The van der Waals surface area contributed by atoms with E-state index in [1.54, 1.807) is 6.92 Å². The standard InChI is InChI=1S/C13H12N2O/c1-8-3-4-11-10(5-8)6-12(16-11)13(15)9(2)7-14/h3-6H,15H2,1-2H3/b13-9-. The third-order valence-corrected chi connectivity index (χ3v) is 2.51. The topological polar surface area (TPSA) is 63.0 Å². The van der Waals surface area contributed by atoms with Crippen molar-refractivity contribution in [2.75, 3.05) is 0 Å². The number of hydrogen-bond acceptors (Lipinski definition) is 3. The Hall–Kier alpha value is -2.21. The van der Waals surface area contributed by atoms with Crippen LogP contribution in [0.4, 0.5) is 0 Å². The molecule has 0 unspecified atom stereocenters. The van der Waals surface area contributed by atoms with E-state index in [1.807, 2.05) is 37.3 Å². The number of nitrogens with zero attached hydrogens (tertiary/aromatic N) is 1. The van der Waals surface area contributed by atoms with E-state index in [4.69, 9.17) is 15.4 Å². The number of allylic oxidation sites excluding steroid dienone is 1. The number of furan rings is 1. The Bertz CT molecular complexity index is 614. The van der Waals surface area contributed by atoms with Crippen LogP contribution in [0.1, 0.15) is 18.2 Å². The van der Waals surface area contributed by atoms with E-state index in [0.29, 0.717) is 17.0 Å². The molecule has 0 saturated heterocycles. The lowest BCUT2D eigenvalue weighted by atomic mass is 10.1. The number of fused-ring (bicyclic) bond motifs is 1. The van der Waals surface area contributed by atoms with Gasteiger partial charge in [-0.15, -0.1) is 0 Å². The van der Waals surface area contributed by atoms with E-state index in [1.165, 1.54) is 5.56 Å². The molecular weight excluding hydrogens is 200 g/mol. The SMILES string of the molecule is C/C(C#N)=C(/N)c1cc2cc(C)ccc2o1. The van der Waals surface area contributed by atoms with Gasteiger partial charge in [-0.1, -0.05) is 11.6 Å². The maximum Gasteiger partial charge on any atom is 0.152 e. The molecule has 1 aromatic heterocycles. The first-order valence-electron chi connectivity index (χ1n) is 4.99. The molecule has 2 rings (SSSR count). The number of benzene rings is 1. The van der Waals surface area contributed by atoms with Crippen molar-refractivity contribution in [3.05, 3.63) is 41.2 Å². The molecule has 0 amide bonds. The summed E-state index contributed by atoms with van der Waals surface area (Å²) in [5, 5.41) is 9.76. The Morgan fingerprint density at radius 1 is 1.38 bits per heavy atom. The lowest BCUT2D eigenvalue weighted by molar-refractivity contribution is 0.598. The lowest BCUT2D eigenvalue weighted by Crippen LogP contribution is -1.97. The minimum atomic E-state index is 0.399. The molecule has 0 spiro atoms. The van der Waals surface area contributed by atoms with Crippen molar-refractivity contribution >= 4 is 16.7 Å². The summed E-state index contributed by atoms with van der Waals surface area (Å²) in [6, 6.07) is 9.78. The van der Waals surface area contributed by atoms with Gasteiger partial charge in [-0.25, -0.2) is 0 Å². The molecular formula is C13H12N2O. The predicted octanol–water partition coefficient (Wildman–Crippen LogP) is 2.95. The van der Waals surface area contributed by atoms with Gasteiger partial charge in [0.25, 0.3) is 0 Å². The summed E-state index contributed by atoms with van der Waals surface area (Å²) in [4.78, 5) is 0. The fourth-order valence-electron chi connectivity index (χ4n) is 1.54. The summed E-state index contributed by atoms with van der Waals surface area (Å²) >= 11 is 0. The zero-order valence-corrected chi connectivity index (χ0v) is 9.24. The normalized spacial score (nSPS) is 12.3. The Labute approximate surface area is 93.8 Å². The highest BCUT2D eigenvalue weighted by Crippen LogP contribution is 2.24. The molecule has 0 atom stereocenters. The number of nitriles is 1. The van der Waals surface area contributed by atoms with Gasteiger partial charge >= 0.3 is 0 Å². The van der Waals surface area contributed by atoms with Crippen LogP contribution < -0.4 is 5.73 Å². The Morgan fingerprint density at radius 3 is 2.81 bits per heavy atom. The maximum atomic E-state index is 8.76. The maximum absolute atomic E-state index is 8.76. The van der Waals surface area contributed by atoms with Crippen molar-refractivity contribution in [1.82, 2.24) is 0 Å². The molecule has 0 saturated carbocycles. The van der Waals surface area contributed by atoms with Gasteiger partial charge in [-0.05, 0) is 32.0 Å². The van der Waals surface area contributed by atoms with E-state index in [9.17, 15) is 0 Å². The van der Waals surface area contributed by atoms with Gasteiger partial charge in [0.2, 0.25) is 0 Å². The van der Waals surface area contributed by atoms with Crippen LogP contribution in [-0.2, 0) is 0 Å². The van der Waals surface area contributed by atoms with E-state index in [-0.39, 0.29) is 0 Å². The molecule has 1 heterocycles. The molecule has 3 nitrogen and oxygen atoms in total. The number of hydrogen-bond donors (Lipinski definition) is 1. The summed E-state index contributed by atoms with van der Waals surface area (Å²) in [6.07, 6.45) is 0. The summed E-state index contributed by atoms with van der Waals surface area (Å²) in [5.41, 5.74) is 8.63. The smallest absolute Gasteiger partial charge is 0.152 e. The highest BCUT2D eigenvalue weighted by molar-refractivity contribution is 5.82. The van der Waals surface area contributed by atoms with Crippen molar-refractivity contribution in [3.63, 3.8) is 0 Å². The largest absolute Gasteiger partial charge is 0.455 e. The molecule has 0 fully saturated rings. The minimum Gasteiger partial charge on any atom is -0.455 e. The summed E-state index contributed by atoms with van der Waals surface area (Å²) in [6.45, 7) is 3.69. The molecule has 0 radical (unpaired) electrons. The molecule has 0 bridgehead atoms. The first kappa shape index (κ1) is 10.3. The van der Waals surface area contributed by atoms with Crippen LogP contribution in [0, 0.1) is 18.3 Å². The van der Waals surface area contributed by atoms with Crippen molar-refractivity contribution in [2.45, 2.75) is 13.8 Å². The zero-order chi connectivity index (χ0) is 11.7. The van der Waals surface area contributed by atoms with Crippen molar-refractivity contribution in [3.8, 4) is 6.07 Å². The van der Waals surface area contributed by atoms with Crippen LogP contribution in [0.25, 0.3) is 16.7 Å². The first-order chi connectivity index (χ1) is 7.61.